The molecule has 0 amide bonds. The Morgan fingerprint density at radius 3 is 2.27 bits per heavy atom. The van der Waals surface area contributed by atoms with Gasteiger partial charge in [-0.15, -0.1) is 0 Å². The predicted molar refractivity (Wildman–Crippen MR) is 61.8 cm³/mol. The number of nitrogen functional groups attached to an aromatic ring is 2. The van der Waals surface area contributed by atoms with Crippen LogP contribution in [0.3, 0.4) is 0 Å². The lowest BCUT2D eigenvalue weighted by Gasteiger charge is -2.09. The maximum Gasteiger partial charge on any atom is 0.152 e. The number of benzene rings is 2. The number of hydrogen-bond acceptors (Lipinski definition) is 3. The third-order valence-electron chi connectivity index (χ3n) is 2.07. The fraction of sp³-hybridized carbons (Fsp3) is 0. The Kier molecular flexibility index (Phi) is 2.46. The SMILES string of the molecule is Nc1cccc(Oc2ccccc2)c1N. The summed E-state index contributed by atoms with van der Waals surface area (Å²) in [6.45, 7) is 0. The Balaban J connectivity index is 2.29. The molecule has 0 aliphatic rings. The Labute approximate surface area is 88.3 Å². The molecule has 0 bridgehead atoms. The molecule has 0 fully saturated rings. The number of rotatable bonds is 2. The fourth-order valence-electron chi connectivity index (χ4n) is 1.27. The summed E-state index contributed by atoms with van der Waals surface area (Å²) in [6, 6.07) is 14.8. The van der Waals surface area contributed by atoms with Crippen LogP contribution in [-0.4, -0.2) is 0 Å². The summed E-state index contributed by atoms with van der Waals surface area (Å²) in [5.74, 6) is 1.33. The van der Waals surface area contributed by atoms with E-state index >= 15 is 0 Å². The van der Waals surface area contributed by atoms with E-state index in [9.17, 15) is 0 Å². The minimum absolute atomic E-state index is 0.473. The molecule has 0 aromatic heterocycles. The highest BCUT2D eigenvalue weighted by Crippen LogP contribution is 2.30. The zero-order valence-electron chi connectivity index (χ0n) is 8.18. The summed E-state index contributed by atoms with van der Waals surface area (Å²) >= 11 is 0. The minimum Gasteiger partial charge on any atom is -0.455 e. The van der Waals surface area contributed by atoms with Gasteiger partial charge in [-0.05, 0) is 24.3 Å². The quantitative estimate of drug-likeness (QED) is 0.732. The van der Waals surface area contributed by atoms with Crippen molar-refractivity contribution in [1.82, 2.24) is 0 Å². The van der Waals surface area contributed by atoms with E-state index in [4.69, 9.17) is 16.2 Å². The molecule has 0 atom stereocenters. The average molecular weight is 200 g/mol. The van der Waals surface area contributed by atoms with E-state index in [0.717, 1.165) is 5.75 Å². The Morgan fingerprint density at radius 1 is 0.800 bits per heavy atom. The van der Waals surface area contributed by atoms with Gasteiger partial charge in [-0.2, -0.15) is 0 Å². The number of ether oxygens (including phenoxy) is 1. The van der Waals surface area contributed by atoms with Crippen molar-refractivity contribution >= 4 is 11.4 Å². The summed E-state index contributed by atoms with van der Waals surface area (Å²) in [7, 11) is 0. The van der Waals surface area contributed by atoms with Gasteiger partial charge in [0, 0.05) is 0 Å². The first-order valence-electron chi connectivity index (χ1n) is 4.64. The van der Waals surface area contributed by atoms with Gasteiger partial charge in [0.25, 0.3) is 0 Å². The summed E-state index contributed by atoms with van der Waals surface area (Å²) in [4.78, 5) is 0. The van der Waals surface area contributed by atoms with Crippen LogP contribution < -0.4 is 16.2 Å². The number of anilines is 2. The molecule has 0 heterocycles. The van der Waals surface area contributed by atoms with Gasteiger partial charge in [0.1, 0.15) is 5.75 Å². The molecule has 0 aliphatic carbocycles. The summed E-state index contributed by atoms with van der Waals surface area (Å²) in [5, 5.41) is 0. The first-order valence-corrected chi connectivity index (χ1v) is 4.64. The van der Waals surface area contributed by atoms with Gasteiger partial charge in [-0.1, -0.05) is 24.3 Å². The number of hydrogen-bond donors (Lipinski definition) is 2. The largest absolute Gasteiger partial charge is 0.455 e. The van der Waals surface area contributed by atoms with Crippen LogP contribution in [0.5, 0.6) is 11.5 Å². The summed E-state index contributed by atoms with van der Waals surface area (Å²) in [6.07, 6.45) is 0. The van der Waals surface area contributed by atoms with Gasteiger partial charge >= 0.3 is 0 Å². The second-order valence-electron chi connectivity index (χ2n) is 3.17. The monoisotopic (exact) mass is 200 g/mol. The molecule has 2 aromatic rings. The molecule has 0 unspecified atom stereocenters. The lowest BCUT2D eigenvalue weighted by atomic mass is 10.2. The lowest BCUT2D eigenvalue weighted by Crippen LogP contribution is -1.97. The van der Waals surface area contributed by atoms with E-state index in [1.165, 1.54) is 0 Å². The molecule has 0 aliphatic heterocycles. The Hall–Kier alpha value is -2.16. The summed E-state index contributed by atoms with van der Waals surface area (Å²) < 4.78 is 5.58. The van der Waals surface area contributed by atoms with E-state index in [2.05, 4.69) is 0 Å². The Bertz CT molecular complexity index is 454. The second kappa shape index (κ2) is 3.92. The molecule has 0 saturated heterocycles. The molecule has 4 N–H and O–H groups in total. The maximum atomic E-state index is 5.78. The third-order valence-corrected chi connectivity index (χ3v) is 2.07. The van der Waals surface area contributed by atoms with E-state index in [1.807, 2.05) is 36.4 Å². The van der Waals surface area contributed by atoms with Gasteiger partial charge in [0.2, 0.25) is 0 Å². The fourth-order valence-corrected chi connectivity index (χ4v) is 1.27. The van der Waals surface area contributed by atoms with Crippen molar-refractivity contribution in [1.29, 1.82) is 0 Å². The number of nitrogens with two attached hydrogens (primary N) is 2. The van der Waals surface area contributed by atoms with Crippen molar-refractivity contribution < 1.29 is 4.74 Å². The standard InChI is InChI=1S/C12H12N2O/c13-10-7-4-8-11(12(10)14)15-9-5-2-1-3-6-9/h1-8H,13-14H2. The molecule has 15 heavy (non-hydrogen) atoms. The average Bonchev–Trinajstić information content (AvgIpc) is 2.26. The second-order valence-corrected chi connectivity index (χ2v) is 3.17. The van der Waals surface area contributed by atoms with Crippen LogP contribution in [0, 0.1) is 0 Å². The molecule has 3 nitrogen and oxygen atoms in total. The van der Waals surface area contributed by atoms with Crippen molar-refractivity contribution in [2.75, 3.05) is 11.5 Å². The Morgan fingerprint density at radius 2 is 1.53 bits per heavy atom. The summed E-state index contributed by atoms with van der Waals surface area (Å²) in [5.41, 5.74) is 12.5. The van der Waals surface area contributed by atoms with Crippen LogP contribution in [0.25, 0.3) is 0 Å². The van der Waals surface area contributed by atoms with Crippen molar-refractivity contribution in [2.45, 2.75) is 0 Å². The first kappa shape index (κ1) is 9.40. The van der Waals surface area contributed by atoms with Crippen LogP contribution >= 0.6 is 0 Å². The highest BCUT2D eigenvalue weighted by molar-refractivity contribution is 5.70. The number of para-hydroxylation sites is 2. The topological polar surface area (TPSA) is 61.3 Å². The molecule has 0 spiro atoms. The molecule has 3 heteroatoms. The van der Waals surface area contributed by atoms with Crippen LogP contribution in [-0.2, 0) is 0 Å². The first-order chi connectivity index (χ1) is 7.27. The van der Waals surface area contributed by atoms with Gasteiger partial charge < -0.3 is 16.2 Å². The van der Waals surface area contributed by atoms with Crippen molar-refractivity contribution in [3.8, 4) is 11.5 Å². The van der Waals surface area contributed by atoms with Crippen molar-refractivity contribution in [2.24, 2.45) is 0 Å². The molecule has 0 radical (unpaired) electrons. The normalized spacial score (nSPS) is 9.87. The maximum absolute atomic E-state index is 5.78. The zero-order valence-corrected chi connectivity index (χ0v) is 8.18. The van der Waals surface area contributed by atoms with Gasteiger partial charge in [-0.3, -0.25) is 0 Å². The van der Waals surface area contributed by atoms with Crippen LogP contribution in [0.1, 0.15) is 0 Å². The molecule has 0 saturated carbocycles. The molecular formula is C12H12N2O. The highest BCUT2D eigenvalue weighted by Gasteiger charge is 2.03. The molecule has 2 rings (SSSR count). The highest BCUT2D eigenvalue weighted by atomic mass is 16.5. The van der Waals surface area contributed by atoms with E-state index < -0.39 is 0 Å². The predicted octanol–water partition coefficient (Wildman–Crippen LogP) is 2.64. The van der Waals surface area contributed by atoms with Gasteiger partial charge in [0.15, 0.2) is 5.75 Å². The lowest BCUT2D eigenvalue weighted by molar-refractivity contribution is 0.485. The van der Waals surface area contributed by atoms with Gasteiger partial charge in [0.05, 0.1) is 11.4 Å². The zero-order chi connectivity index (χ0) is 10.7. The minimum atomic E-state index is 0.473. The van der Waals surface area contributed by atoms with Crippen LogP contribution in [0.4, 0.5) is 11.4 Å². The van der Waals surface area contributed by atoms with E-state index in [-0.39, 0.29) is 0 Å². The van der Waals surface area contributed by atoms with Crippen molar-refractivity contribution in [3.63, 3.8) is 0 Å². The van der Waals surface area contributed by atoms with Gasteiger partial charge in [-0.25, -0.2) is 0 Å². The third kappa shape index (κ3) is 2.02. The van der Waals surface area contributed by atoms with Crippen molar-refractivity contribution in [3.05, 3.63) is 48.5 Å². The smallest absolute Gasteiger partial charge is 0.152 e. The van der Waals surface area contributed by atoms with Crippen LogP contribution in [0.2, 0.25) is 0 Å². The molecule has 2 aromatic carbocycles. The van der Waals surface area contributed by atoms with E-state index in [1.54, 1.807) is 12.1 Å². The molecule has 76 valence electrons. The van der Waals surface area contributed by atoms with E-state index in [0.29, 0.717) is 17.1 Å². The molecular weight excluding hydrogens is 188 g/mol. The van der Waals surface area contributed by atoms with Crippen LogP contribution in [0.15, 0.2) is 48.5 Å².